The maximum Gasteiger partial charge on any atom is 0.439 e. The standard InChI is InChI=1S/C14H13BO2/c1-3-7-11(8-4-1)13-14(17-15-16-13)12-9-5-2-6-10-12/h1-10,13-15H/t13-,14-/m1/s1. The fourth-order valence-corrected chi connectivity index (χ4v) is 2.19. The monoisotopic (exact) mass is 224 g/mol. The van der Waals surface area contributed by atoms with Crippen LogP contribution in [0.25, 0.3) is 0 Å². The first-order valence-electron chi connectivity index (χ1n) is 5.78. The van der Waals surface area contributed by atoms with Crippen molar-refractivity contribution in [2.24, 2.45) is 0 Å². The van der Waals surface area contributed by atoms with E-state index < -0.39 is 0 Å². The van der Waals surface area contributed by atoms with Gasteiger partial charge in [0.2, 0.25) is 0 Å². The molecule has 3 rings (SSSR count). The Bertz CT molecular complexity index is 427. The third-order valence-corrected chi connectivity index (χ3v) is 3.03. The predicted molar refractivity (Wildman–Crippen MR) is 67.7 cm³/mol. The van der Waals surface area contributed by atoms with Crippen molar-refractivity contribution in [3.05, 3.63) is 71.8 Å². The van der Waals surface area contributed by atoms with Gasteiger partial charge in [0.1, 0.15) is 0 Å². The van der Waals surface area contributed by atoms with Gasteiger partial charge in [0, 0.05) is 0 Å². The first-order chi connectivity index (χ1) is 8.45. The molecule has 1 aliphatic heterocycles. The van der Waals surface area contributed by atoms with Gasteiger partial charge in [-0.3, -0.25) is 0 Å². The highest BCUT2D eigenvalue weighted by atomic mass is 16.6. The highest BCUT2D eigenvalue weighted by Crippen LogP contribution is 2.38. The molecule has 0 amide bonds. The molecule has 1 aliphatic rings. The first-order valence-corrected chi connectivity index (χ1v) is 5.78. The minimum atomic E-state index is -0.00130. The molecule has 84 valence electrons. The lowest BCUT2D eigenvalue weighted by molar-refractivity contribution is 0.159. The van der Waals surface area contributed by atoms with Crippen molar-refractivity contribution < 1.29 is 9.31 Å². The van der Waals surface area contributed by atoms with Crippen LogP contribution in [0.2, 0.25) is 0 Å². The number of hydrogen-bond acceptors (Lipinski definition) is 2. The van der Waals surface area contributed by atoms with Crippen LogP contribution in [0.4, 0.5) is 0 Å². The van der Waals surface area contributed by atoms with Crippen molar-refractivity contribution in [2.75, 3.05) is 0 Å². The average Bonchev–Trinajstić information content (AvgIpc) is 2.90. The smallest absolute Gasteiger partial charge is 0.404 e. The van der Waals surface area contributed by atoms with E-state index in [1.807, 2.05) is 36.4 Å². The molecule has 1 fully saturated rings. The minimum absolute atomic E-state index is 0.00130. The molecule has 0 aromatic heterocycles. The zero-order valence-electron chi connectivity index (χ0n) is 9.45. The van der Waals surface area contributed by atoms with E-state index in [0.717, 1.165) is 0 Å². The van der Waals surface area contributed by atoms with Gasteiger partial charge in [-0.1, -0.05) is 60.7 Å². The highest BCUT2D eigenvalue weighted by Gasteiger charge is 2.32. The number of benzene rings is 2. The summed E-state index contributed by atoms with van der Waals surface area (Å²) in [4.78, 5) is 0. The van der Waals surface area contributed by atoms with E-state index in [4.69, 9.17) is 9.31 Å². The van der Waals surface area contributed by atoms with Crippen molar-refractivity contribution in [3.8, 4) is 0 Å². The molecular weight excluding hydrogens is 211 g/mol. The highest BCUT2D eigenvalue weighted by molar-refractivity contribution is 6.19. The van der Waals surface area contributed by atoms with Crippen LogP contribution >= 0.6 is 0 Å². The molecule has 0 aliphatic carbocycles. The summed E-state index contributed by atoms with van der Waals surface area (Å²) in [6.45, 7) is 0. The molecule has 0 bridgehead atoms. The van der Waals surface area contributed by atoms with Gasteiger partial charge in [-0.15, -0.1) is 0 Å². The Labute approximate surface area is 101 Å². The third kappa shape index (κ3) is 2.12. The molecule has 2 atom stereocenters. The maximum absolute atomic E-state index is 5.68. The summed E-state index contributed by atoms with van der Waals surface area (Å²) in [7, 11) is 0.360. The van der Waals surface area contributed by atoms with Crippen molar-refractivity contribution in [3.63, 3.8) is 0 Å². The van der Waals surface area contributed by atoms with E-state index >= 15 is 0 Å². The van der Waals surface area contributed by atoms with Gasteiger partial charge in [0.05, 0.1) is 12.2 Å². The summed E-state index contributed by atoms with van der Waals surface area (Å²) in [5, 5.41) is 0. The first kappa shape index (κ1) is 10.6. The van der Waals surface area contributed by atoms with Crippen LogP contribution in [0.5, 0.6) is 0 Å². The Hall–Kier alpha value is -1.58. The van der Waals surface area contributed by atoms with E-state index in [2.05, 4.69) is 24.3 Å². The van der Waals surface area contributed by atoms with Gasteiger partial charge in [-0.2, -0.15) is 0 Å². The van der Waals surface area contributed by atoms with Crippen LogP contribution in [0.1, 0.15) is 23.3 Å². The van der Waals surface area contributed by atoms with Crippen molar-refractivity contribution >= 4 is 7.69 Å². The summed E-state index contributed by atoms with van der Waals surface area (Å²) >= 11 is 0. The molecule has 1 saturated heterocycles. The molecule has 3 heteroatoms. The topological polar surface area (TPSA) is 18.5 Å². The van der Waals surface area contributed by atoms with E-state index in [1.165, 1.54) is 11.1 Å². The van der Waals surface area contributed by atoms with Gasteiger partial charge >= 0.3 is 7.69 Å². The summed E-state index contributed by atoms with van der Waals surface area (Å²) < 4.78 is 11.4. The summed E-state index contributed by atoms with van der Waals surface area (Å²) in [5.41, 5.74) is 2.33. The van der Waals surface area contributed by atoms with Gasteiger partial charge in [0.25, 0.3) is 0 Å². The molecule has 17 heavy (non-hydrogen) atoms. The van der Waals surface area contributed by atoms with Crippen LogP contribution in [0.15, 0.2) is 60.7 Å². The Balaban J connectivity index is 1.91. The molecule has 2 aromatic carbocycles. The molecule has 2 aromatic rings. The lowest BCUT2D eigenvalue weighted by atomic mass is 9.99. The van der Waals surface area contributed by atoms with Gasteiger partial charge in [-0.25, -0.2) is 0 Å². The minimum Gasteiger partial charge on any atom is -0.404 e. The normalized spacial score (nSPS) is 23.3. The van der Waals surface area contributed by atoms with Crippen LogP contribution < -0.4 is 0 Å². The Morgan fingerprint density at radius 2 is 1.06 bits per heavy atom. The van der Waals surface area contributed by atoms with Crippen molar-refractivity contribution in [1.29, 1.82) is 0 Å². The molecule has 0 unspecified atom stereocenters. The Morgan fingerprint density at radius 1 is 0.647 bits per heavy atom. The van der Waals surface area contributed by atoms with Gasteiger partial charge in [0.15, 0.2) is 0 Å². The van der Waals surface area contributed by atoms with E-state index in [9.17, 15) is 0 Å². The Morgan fingerprint density at radius 3 is 1.47 bits per heavy atom. The molecule has 0 radical (unpaired) electrons. The van der Waals surface area contributed by atoms with Crippen molar-refractivity contribution in [1.82, 2.24) is 0 Å². The van der Waals surface area contributed by atoms with Crippen LogP contribution in [0.3, 0.4) is 0 Å². The number of hydrogen-bond donors (Lipinski definition) is 0. The zero-order chi connectivity index (χ0) is 11.5. The largest absolute Gasteiger partial charge is 0.439 e. The van der Waals surface area contributed by atoms with Gasteiger partial charge < -0.3 is 9.31 Å². The maximum atomic E-state index is 5.68. The quantitative estimate of drug-likeness (QED) is 0.730. The van der Waals surface area contributed by atoms with Gasteiger partial charge in [-0.05, 0) is 11.1 Å². The fourth-order valence-electron chi connectivity index (χ4n) is 2.19. The predicted octanol–water partition coefficient (Wildman–Crippen LogP) is 2.78. The lowest BCUT2D eigenvalue weighted by Gasteiger charge is -2.19. The summed E-state index contributed by atoms with van der Waals surface area (Å²) in [6.07, 6.45) is -0.00259. The lowest BCUT2D eigenvalue weighted by Crippen LogP contribution is -2.06. The SMILES string of the molecule is B1O[C@H](c2ccccc2)[C@@H](c2ccccc2)O1. The molecule has 0 N–H and O–H groups in total. The second-order valence-electron chi connectivity index (χ2n) is 4.11. The zero-order valence-corrected chi connectivity index (χ0v) is 9.45. The average molecular weight is 224 g/mol. The molecule has 0 spiro atoms. The molecule has 2 nitrogen and oxygen atoms in total. The fraction of sp³-hybridized carbons (Fsp3) is 0.143. The summed E-state index contributed by atoms with van der Waals surface area (Å²) in [6, 6.07) is 20.4. The number of rotatable bonds is 2. The van der Waals surface area contributed by atoms with E-state index in [1.54, 1.807) is 0 Å². The Kier molecular flexibility index (Phi) is 2.95. The van der Waals surface area contributed by atoms with E-state index in [0.29, 0.717) is 7.69 Å². The van der Waals surface area contributed by atoms with Crippen LogP contribution in [-0.2, 0) is 9.31 Å². The third-order valence-electron chi connectivity index (χ3n) is 3.03. The second kappa shape index (κ2) is 4.74. The molecule has 0 saturated carbocycles. The van der Waals surface area contributed by atoms with Crippen molar-refractivity contribution in [2.45, 2.75) is 12.2 Å². The summed E-state index contributed by atoms with van der Waals surface area (Å²) in [5.74, 6) is 0. The molecular formula is C14H13BO2. The van der Waals surface area contributed by atoms with Crippen LogP contribution in [0, 0.1) is 0 Å². The van der Waals surface area contributed by atoms with E-state index in [-0.39, 0.29) is 12.2 Å². The second-order valence-corrected chi connectivity index (χ2v) is 4.11. The van der Waals surface area contributed by atoms with Crippen LogP contribution in [-0.4, -0.2) is 7.69 Å². The molecule has 1 heterocycles.